The Morgan fingerprint density at radius 1 is 1.26 bits per heavy atom. The van der Waals surface area contributed by atoms with E-state index in [1.165, 1.54) is 7.05 Å². The first-order chi connectivity index (χ1) is 10.7. The van der Waals surface area contributed by atoms with Crippen molar-refractivity contribution >= 4 is 12.0 Å². The standard InChI is InChI=1S/C17H26N2O4/c1-17(2,3)19-16(22)23-14(15(21)18-4)11-7-9-12-8-5-6-10-13(12)20/h5-6,8,10,14,20H,7,9,11H2,1-4H3,(H,18,21)(H,19,22)/t14-/m0/s1. The Morgan fingerprint density at radius 3 is 2.48 bits per heavy atom. The fourth-order valence-corrected chi connectivity index (χ4v) is 2.07. The van der Waals surface area contributed by atoms with E-state index in [9.17, 15) is 14.7 Å². The molecule has 0 aromatic heterocycles. The van der Waals surface area contributed by atoms with Gasteiger partial charge in [0, 0.05) is 12.6 Å². The van der Waals surface area contributed by atoms with Crippen LogP contribution in [-0.2, 0) is 16.0 Å². The van der Waals surface area contributed by atoms with Gasteiger partial charge in [0.2, 0.25) is 0 Å². The highest BCUT2D eigenvalue weighted by Gasteiger charge is 2.24. The number of rotatable bonds is 6. The van der Waals surface area contributed by atoms with E-state index in [0.29, 0.717) is 19.3 Å². The molecule has 0 saturated carbocycles. The number of amides is 2. The molecule has 3 N–H and O–H groups in total. The van der Waals surface area contributed by atoms with Gasteiger partial charge >= 0.3 is 6.09 Å². The number of likely N-dealkylation sites (N-methyl/N-ethyl adjacent to an activating group) is 1. The minimum Gasteiger partial charge on any atom is -0.508 e. The number of ether oxygens (including phenoxy) is 1. The molecule has 0 bridgehead atoms. The predicted molar refractivity (Wildman–Crippen MR) is 88.3 cm³/mol. The third-order valence-electron chi connectivity index (χ3n) is 3.17. The summed E-state index contributed by atoms with van der Waals surface area (Å²) in [6, 6.07) is 7.06. The Hall–Kier alpha value is -2.24. The third-order valence-corrected chi connectivity index (χ3v) is 3.17. The normalized spacial score (nSPS) is 12.3. The van der Waals surface area contributed by atoms with Crippen molar-refractivity contribution in [2.45, 2.75) is 51.7 Å². The molecule has 23 heavy (non-hydrogen) atoms. The van der Waals surface area contributed by atoms with Gasteiger partial charge < -0.3 is 20.5 Å². The average molecular weight is 322 g/mol. The van der Waals surface area contributed by atoms with Crippen LogP contribution in [0.1, 0.15) is 39.2 Å². The van der Waals surface area contributed by atoms with Gasteiger partial charge in [-0.1, -0.05) is 18.2 Å². The van der Waals surface area contributed by atoms with Gasteiger partial charge in [-0.3, -0.25) is 4.79 Å². The van der Waals surface area contributed by atoms with Crippen molar-refractivity contribution in [2.24, 2.45) is 0 Å². The molecular formula is C17H26N2O4. The summed E-state index contributed by atoms with van der Waals surface area (Å²) in [4.78, 5) is 23.7. The molecule has 0 saturated heterocycles. The van der Waals surface area contributed by atoms with E-state index in [4.69, 9.17) is 4.74 Å². The molecule has 1 aromatic carbocycles. The number of carbonyl (C=O) groups excluding carboxylic acids is 2. The van der Waals surface area contributed by atoms with Gasteiger partial charge in [0.05, 0.1) is 0 Å². The van der Waals surface area contributed by atoms with Gasteiger partial charge in [-0.25, -0.2) is 4.79 Å². The number of alkyl carbamates (subject to hydrolysis) is 1. The Bertz CT molecular complexity index is 538. The fraction of sp³-hybridized carbons (Fsp3) is 0.529. The first-order valence-electron chi connectivity index (χ1n) is 7.70. The second-order valence-electron chi connectivity index (χ2n) is 6.40. The van der Waals surface area contributed by atoms with Gasteiger partial charge in [0.25, 0.3) is 5.91 Å². The number of carbonyl (C=O) groups is 2. The monoisotopic (exact) mass is 322 g/mol. The number of phenols is 1. The number of hydrogen-bond donors (Lipinski definition) is 3. The SMILES string of the molecule is CNC(=O)[C@H](CCCc1ccccc1O)OC(=O)NC(C)(C)C. The second-order valence-corrected chi connectivity index (χ2v) is 6.40. The lowest BCUT2D eigenvalue weighted by molar-refractivity contribution is -0.129. The van der Waals surface area contributed by atoms with E-state index in [-0.39, 0.29) is 11.7 Å². The molecule has 0 aliphatic carbocycles. The van der Waals surface area contributed by atoms with E-state index in [0.717, 1.165) is 5.56 Å². The molecule has 1 rings (SSSR count). The van der Waals surface area contributed by atoms with Crippen LogP contribution in [0.3, 0.4) is 0 Å². The maximum atomic E-state index is 11.9. The van der Waals surface area contributed by atoms with Crippen LogP contribution in [0.2, 0.25) is 0 Å². The van der Waals surface area contributed by atoms with E-state index >= 15 is 0 Å². The summed E-state index contributed by atoms with van der Waals surface area (Å²) < 4.78 is 5.22. The molecule has 6 heteroatoms. The van der Waals surface area contributed by atoms with E-state index < -0.39 is 17.7 Å². The fourth-order valence-electron chi connectivity index (χ4n) is 2.07. The quantitative estimate of drug-likeness (QED) is 0.750. The second kappa shape index (κ2) is 8.41. The van der Waals surface area contributed by atoms with Crippen molar-refractivity contribution in [3.63, 3.8) is 0 Å². The maximum Gasteiger partial charge on any atom is 0.408 e. The number of benzene rings is 1. The minimum atomic E-state index is -0.854. The molecule has 6 nitrogen and oxygen atoms in total. The molecule has 0 unspecified atom stereocenters. The summed E-state index contributed by atoms with van der Waals surface area (Å²) in [5, 5.41) is 14.9. The summed E-state index contributed by atoms with van der Waals surface area (Å²) in [6.07, 6.45) is 0.121. The lowest BCUT2D eigenvalue weighted by Crippen LogP contribution is -2.45. The van der Waals surface area contributed by atoms with Crippen LogP contribution in [0, 0.1) is 0 Å². The summed E-state index contributed by atoms with van der Waals surface area (Å²) in [5.41, 5.74) is 0.377. The van der Waals surface area contributed by atoms with Crippen LogP contribution in [0.25, 0.3) is 0 Å². The molecule has 0 heterocycles. The van der Waals surface area contributed by atoms with Crippen LogP contribution in [0.4, 0.5) is 4.79 Å². The van der Waals surface area contributed by atoms with Crippen molar-refractivity contribution < 1.29 is 19.4 Å². The Morgan fingerprint density at radius 2 is 1.91 bits per heavy atom. The highest BCUT2D eigenvalue weighted by atomic mass is 16.6. The molecular weight excluding hydrogens is 296 g/mol. The molecule has 0 radical (unpaired) electrons. The largest absolute Gasteiger partial charge is 0.508 e. The van der Waals surface area contributed by atoms with Gasteiger partial charge in [0.1, 0.15) is 5.75 Å². The van der Waals surface area contributed by atoms with Gasteiger partial charge in [-0.2, -0.15) is 0 Å². The van der Waals surface area contributed by atoms with Crippen LogP contribution in [0.15, 0.2) is 24.3 Å². The Balaban J connectivity index is 2.57. The topological polar surface area (TPSA) is 87.7 Å². The zero-order chi connectivity index (χ0) is 17.5. The zero-order valence-corrected chi connectivity index (χ0v) is 14.2. The van der Waals surface area contributed by atoms with Crippen molar-refractivity contribution in [1.29, 1.82) is 0 Å². The summed E-state index contributed by atoms with van der Waals surface area (Å²) >= 11 is 0. The molecule has 1 atom stereocenters. The van der Waals surface area contributed by atoms with Gasteiger partial charge in [-0.05, 0) is 51.7 Å². The first kappa shape index (κ1) is 18.8. The Kier molecular flexibility index (Phi) is 6.88. The highest BCUT2D eigenvalue weighted by Crippen LogP contribution is 2.19. The lowest BCUT2D eigenvalue weighted by Gasteiger charge is -2.23. The number of phenolic OH excluding ortho intramolecular Hbond substituents is 1. The minimum absolute atomic E-state index is 0.232. The molecule has 1 aromatic rings. The summed E-state index contributed by atoms with van der Waals surface area (Å²) in [6.45, 7) is 5.50. The van der Waals surface area contributed by atoms with Crippen LogP contribution < -0.4 is 10.6 Å². The third kappa shape index (κ3) is 7.04. The smallest absolute Gasteiger partial charge is 0.408 e. The van der Waals surface area contributed by atoms with E-state index in [2.05, 4.69) is 10.6 Å². The average Bonchev–Trinajstić information content (AvgIpc) is 2.45. The molecule has 0 aliphatic heterocycles. The number of para-hydroxylation sites is 1. The predicted octanol–water partition coefficient (Wildman–Crippen LogP) is 2.35. The van der Waals surface area contributed by atoms with Crippen molar-refractivity contribution in [2.75, 3.05) is 7.05 Å². The van der Waals surface area contributed by atoms with E-state index in [1.807, 2.05) is 32.9 Å². The van der Waals surface area contributed by atoms with Crippen molar-refractivity contribution in [3.05, 3.63) is 29.8 Å². The van der Waals surface area contributed by atoms with Gasteiger partial charge in [-0.15, -0.1) is 0 Å². The molecule has 0 fully saturated rings. The first-order valence-corrected chi connectivity index (χ1v) is 7.70. The van der Waals surface area contributed by atoms with Crippen LogP contribution in [-0.4, -0.2) is 35.8 Å². The van der Waals surface area contributed by atoms with Crippen LogP contribution >= 0.6 is 0 Å². The zero-order valence-electron chi connectivity index (χ0n) is 14.2. The number of aryl methyl sites for hydroxylation is 1. The summed E-state index contributed by atoms with van der Waals surface area (Å²) in [5.74, 6) is -0.110. The van der Waals surface area contributed by atoms with E-state index in [1.54, 1.807) is 12.1 Å². The molecule has 128 valence electrons. The number of aromatic hydroxyl groups is 1. The van der Waals surface area contributed by atoms with Gasteiger partial charge in [0.15, 0.2) is 6.10 Å². The molecule has 0 spiro atoms. The maximum absolute atomic E-state index is 11.9. The molecule has 2 amide bonds. The number of hydrogen-bond acceptors (Lipinski definition) is 4. The van der Waals surface area contributed by atoms with Crippen molar-refractivity contribution in [1.82, 2.24) is 10.6 Å². The Labute approximate surface area is 137 Å². The highest BCUT2D eigenvalue weighted by molar-refractivity contribution is 5.83. The van der Waals surface area contributed by atoms with Crippen LogP contribution in [0.5, 0.6) is 5.75 Å². The van der Waals surface area contributed by atoms with Crippen molar-refractivity contribution in [3.8, 4) is 5.75 Å². The number of nitrogens with one attached hydrogen (secondary N) is 2. The summed E-state index contributed by atoms with van der Waals surface area (Å²) in [7, 11) is 1.50. The molecule has 0 aliphatic rings. The lowest BCUT2D eigenvalue weighted by atomic mass is 10.0.